The number of aliphatic carboxylic acids is 1. The maximum absolute atomic E-state index is 12.6. The maximum atomic E-state index is 12.6. The molecule has 0 fully saturated rings. The number of halogens is 3. The molecule has 0 saturated carbocycles. The van der Waals surface area contributed by atoms with Gasteiger partial charge in [0.15, 0.2) is 0 Å². The normalized spacial score (nSPS) is 15.0. The van der Waals surface area contributed by atoms with Crippen molar-refractivity contribution in [1.29, 1.82) is 0 Å². The fourth-order valence-electron chi connectivity index (χ4n) is 3.51. The van der Waals surface area contributed by atoms with Crippen LogP contribution in [-0.2, 0) is 23.8 Å². The second-order valence-corrected chi connectivity index (χ2v) is 7.21. The third-order valence-electron chi connectivity index (χ3n) is 5.13. The van der Waals surface area contributed by atoms with Gasteiger partial charge in [-0.2, -0.15) is 13.2 Å². The molecule has 1 aliphatic rings. The molecule has 0 spiro atoms. The number of rotatable bonds is 7. The van der Waals surface area contributed by atoms with E-state index in [0.29, 0.717) is 18.7 Å². The Labute approximate surface area is 173 Å². The summed E-state index contributed by atoms with van der Waals surface area (Å²) in [5, 5.41) is 8.88. The Kier molecular flexibility index (Phi) is 7.15. The van der Waals surface area contributed by atoms with Gasteiger partial charge in [-0.15, -0.1) is 0 Å². The zero-order chi connectivity index (χ0) is 21.6. The summed E-state index contributed by atoms with van der Waals surface area (Å²) in [6.45, 7) is 2.44. The van der Waals surface area contributed by atoms with Gasteiger partial charge < -0.3 is 14.7 Å². The smallest absolute Gasteiger partial charge is 0.416 e. The first-order valence-electron chi connectivity index (χ1n) is 9.84. The Balaban J connectivity index is 1.57. The van der Waals surface area contributed by atoms with Crippen LogP contribution in [0.2, 0.25) is 0 Å². The van der Waals surface area contributed by atoms with E-state index in [9.17, 15) is 18.0 Å². The number of carbonyl (C=O) groups is 1. The molecule has 0 unspecified atom stereocenters. The number of nitrogens with zero attached hydrogens (tertiary/aromatic N) is 1. The van der Waals surface area contributed by atoms with E-state index in [1.54, 1.807) is 12.2 Å². The summed E-state index contributed by atoms with van der Waals surface area (Å²) in [6.07, 6.45) is 0.933. The summed E-state index contributed by atoms with van der Waals surface area (Å²) in [5.41, 5.74) is 2.35. The molecule has 0 atom stereocenters. The number of ether oxygens (including phenoxy) is 1. The Morgan fingerprint density at radius 3 is 2.53 bits per heavy atom. The van der Waals surface area contributed by atoms with Gasteiger partial charge in [0.2, 0.25) is 0 Å². The topological polar surface area (TPSA) is 49.8 Å². The highest BCUT2D eigenvalue weighted by Crippen LogP contribution is 2.29. The lowest BCUT2D eigenvalue weighted by molar-refractivity contribution is -0.138. The number of hydrogen-bond acceptors (Lipinski definition) is 3. The predicted molar refractivity (Wildman–Crippen MR) is 109 cm³/mol. The number of benzene rings is 2. The Bertz CT molecular complexity index is 892. The molecule has 0 aliphatic carbocycles. The number of carboxylic acids is 1. The van der Waals surface area contributed by atoms with Crippen molar-refractivity contribution in [3.63, 3.8) is 0 Å². The monoisotopic (exact) mass is 419 g/mol. The maximum Gasteiger partial charge on any atom is 0.416 e. The van der Waals surface area contributed by atoms with Crippen molar-refractivity contribution < 1.29 is 27.8 Å². The van der Waals surface area contributed by atoms with Crippen LogP contribution in [0, 0.1) is 0 Å². The molecule has 3 rings (SSSR count). The van der Waals surface area contributed by atoms with Gasteiger partial charge in [-0.3, -0.25) is 4.79 Å². The van der Waals surface area contributed by atoms with Crippen LogP contribution in [0.1, 0.15) is 28.7 Å². The minimum absolute atomic E-state index is 0.133. The molecule has 2 aromatic carbocycles. The molecular formula is C23H24F3NO3. The number of carboxylic acid groups (broad SMARTS) is 1. The average Bonchev–Trinajstić information content (AvgIpc) is 2.92. The molecule has 0 amide bonds. The van der Waals surface area contributed by atoms with Crippen molar-refractivity contribution in [3.05, 3.63) is 70.8 Å². The minimum atomic E-state index is -4.33. The molecule has 0 aromatic heterocycles. The van der Waals surface area contributed by atoms with E-state index < -0.39 is 17.7 Å². The molecule has 2 aromatic rings. The van der Waals surface area contributed by atoms with Crippen molar-refractivity contribution in [2.24, 2.45) is 0 Å². The number of alkyl halides is 3. The summed E-state index contributed by atoms with van der Waals surface area (Å²) in [5.74, 6) is 0.00488. The zero-order valence-electron chi connectivity index (χ0n) is 16.5. The first-order valence-corrected chi connectivity index (χ1v) is 9.84. The van der Waals surface area contributed by atoms with Gasteiger partial charge in [-0.1, -0.05) is 30.3 Å². The molecule has 0 bridgehead atoms. The van der Waals surface area contributed by atoms with E-state index in [2.05, 4.69) is 11.0 Å². The van der Waals surface area contributed by atoms with Gasteiger partial charge >= 0.3 is 12.1 Å². The highest BCUT2D eigenvalue weighted by molar-refractivity contribution is 5.66. The van der Waals surface area contributed by atoms with Crippen molar-refractivity contribution in [1.82, 2.24) is 4.90 Å². The molecule has 0 saturated heterocycles. The third kappa shape index (κ3) is 6.10. The van der Waals surface area contributed by atoms with E-state index in [4.69, 9.17) is 9.84 Å². The van der Waals surface area contributed by atoms with E-state index in [1.807, 2.05) is 12.1 Å². The predicted octanol–water partition coefficient (Wildman–Crippen LogP) is 4.67. The van der Waals surface area contributed by atoms with Crippen LogP contribution < -0.4 is 4.74 Å². The Hall–Kier alpha value is -2.80. The van der Waals surface area contributed by atoms with Gasteiger partial charge in [-0.25, -0.2) is 0 Å². The molecular weight excluding hydrogens is 395 g/mol. The van der Waals surface area contributed by atoms with E-state index >= 15 is 0 Å². The van der Waals surface area contributed by atoms with Gasteiger partial charge in [0.1, 0.15) is 12.4 Å². The largest absolute Gasteiger partial charge is 0.489 e. The summed E-state index contributed by atoms with van der Waals surface area (Å²) in [6, 6.07) is 10.9. The molecule has 160 valence electrons. The van der Waals surface area contributed by atoms with E-state index in [-0.39, 0.29) is 6.42 Å². The lowest BCUT2D eigenvalue weighted by atomic mass is 10.0. The highest BCUT2D eigenvalue weighted by Gasteiger charge is 2.29. The van der Waals surface area contributed by atoms with Gasteiger partial charge in [0, 0.05) is 19.6 Å². The molecule has 0 radical (unpaired) electrons. The van der Waals surface area contributed by atoms with Crippen molar-refractivity contribution in [2.45, 2.75) is 25.4 Å². The standard InChI is InChI=1S/C23H24F3NO3/c24-23(25,26)19-8-6-17(7-9-19)3-2-16-30-21-5-1-4-18-10-13-27(14-11-20(18)21)15-12-22(28)29/h1-9H,10-16H2,(H,28,29)/b3-2+. The highest BCUT2D eigenvalue weighted by atomic mass is 19.4. The van der Waals surface area contributed by atoms with Crippen LogP contribution in [-0.4, -0.2) is 42.2 Å². The SMILES string of the molecule is O=C(O)CCN1CCc2cccc(OC/C=C/c3ccc(C(F)(F)F)cc3)c2CC1. The van der Waals surface area contributed by atoms with Crippen LogP contribution in [0.25, 0.3) is 6.08 Å². The van der Waals surface area contributed by atoms with Crippen LogP contribution in [0.4, 0.5) is 13.2 Å². The molecule has 1 N–H and O–H groups in total. The Morgan fingerprint density at radius 2 is 1.83 bits per heavy atom. The molecule has 1 aliphatic heterocycles. The van der Waals surface area contributed by atoms with Crippen LogP contribution in [0.3, 0.4) is 0 Å². The minimum Gasteiger partial charge on any atom is -0.489 e. The first-order chi connectivity index (χ1) is 14.3. The van der Waals surface area contributed by atoms with Crippen molar-refractivity contribution >= 4 is 12.0 Å². The first kappa shape index (κ1) is 21.9. The fraction of sp³-hybridized carbons (Fsp3) is 0.348. The van der Waals surface area contributed by atoms with Gasteiger partial charge in [0.05, 0.1) is 12.0 Å². The van der Waals surface area contributed by atoms with E-state index in [0.717, 1.165) is 49.4 Å². The lowest BCUT2D eigenvalue weighted by Gasteiger charge is -2.18. The van der Waals surface area contributed by atoms with Crippen LogP contribution >= 0.6 is 0 Å². The van der Waals surface area contributed by atoms with Crippen molar-refractivity contribution in [2.75, 3.05) is 26.2 Å². The molecule has 1 heterocycles. The second-order valence-electron chi connectivity index (χ2n) is 7.21. The second kappa shape index (κ2) is 9.80. The summed E-state index contributed by atoms with van der Waals surface area (Å²) in [7, 11) is 0. The lowest BCUT2D eigenvalue weighted by Crippen LogP contribution is -2.28. The summed E-state index contributed by atoms with van der Waals surface area (Å²) < 4.78 is 43.8. The molecule has 7 heteroatoms. The number of fused-ring (bicyclic) bond motifs is 1. The summed E-state index contributed by atoms with van der Waals surface area (Å²) >= 11 is 0. The number of hydrogen-bond donors (Lipinski definition) is 1. The Morgan fingerprint density at radius 1 is 1.10 bits per heavy atom. The third-order valence-corrected chi connectivity index (χ3v) is 5.13. The van der Waals surface area contributed by atoms with E-state index in [1.165, 1.54) is 17.7 Å². The fourth-order valence-corrected chi connectivity index (χ4v) is 3.51. The molecule has 30 heavy (non-hydrogen) atoms. The van der Waals surface area contributed by atoms with Crippen LogP contribution in [0.5, 0.6) is 5.75 Å². The zero-order valence-corrected chi connectivity index (χ0v) is 16.5. The van der Waals surface area contributed by atoms with Crippen LogP contribution in [0.15, 0.2) is 48.5 Å². The summed E-state index contributed by atoms with van der Waals surface area (Å²) in [4.78, 5) is 13.0. The van der Waals surface area contributed by atoms with Gasteiger partial charge in [-0.05, 0) is 53.8 Å². The van der Waals surface area contributed by atoms with Crippen molar-refractivity contribution in [3.8, 4) is 5.75 Å². The molecule has 4 nitrogen and oxygen atoms in total. The average molecular weight is 419 g/mol. The van der Waals surface area contributed by atoms with Gasteiger partial charge in [0.25, 0.3) is 0 Å². The quantitative estimate of drug-likeness (QED) is 0.709.